The lowest BCUT2D eigenvalue weighted by Crippen LogP contribution is -2.59. The van der Waals surface area contributed by atoms with Crippen LogP contribution >= 0.6 is 0 Å². The maximum absolute atomic E-state index is 11.9. The zero-order valence-corrected chi connectivity index (χ0v) is 12.1. The average molecular weight is 279 g/mol. The molecular formula is C14H21N3O3. The molecule has 1 fully saturated rings. The highest BCUT2D eigenvalue weighted by atomic mass is 16.5. The van der Waals surface area contributed by atoms with Gasteiger partial charge in [0, 0.05) is 19.3 Å². The second kappa shape index (κ2) is 6.19. The number of rotatable bonds is 6. The van der Waals surface area contributed by atoms with Gasteiger partial charge >= 0.3 is 0 Å². The van der Waals surface area contributed by atoms with Crippen molar-refractivity contribution in [1.82, 2.24) is 10.3 Å². The lowest BCUT2D eigenvalue weighted by molar-refractivity contribution is -0.130. The predicted octanol–water partition coefficient (Wildman–Crippen LogP) is 1.19. The van der Waals surface area contributed by atoms with Gasteiger partial charge in [-0.2, -0.15) is 0 Å². The number of hydrogen-bond acceptors (Lipinski definition) is 5. The van der Waals surface area contributed by atoms with Crippen molar-refractivity contribution < 1.29 is 14.3 Å². The summed E-state index contributed by atoms with van der Waals surface area (Å²) in [4.78, 5) is 16.0. The maximum atomic E-state index is 11.9. The number of hydrogen-bond donors (Lipinski definition) is 2. The summed E-state index contributed by atoms with van der Waals surface area (Å²) in [6.07, 6.45) is 1.63. The summed E-state index contributed by atoms with van der Waals surface area (Å²) in [6.45, 7) is 7.37. The monoisotopic (exact) mass is 279 g/mol. The number of nitrogens with one attached hydrogen (secondary N) is 2. The molecule has 0 radical (unpaired) electrons. The highest BCUT2D eigenvalue weighted by Gasteiger charge is 2.33. The van der Waals surface area contributed by atoms with Crippen LogP contribution in [0.3, 0.4) is 0 Å². The molecule has 0 saturated carbocycles. The van der Waals surface area contributed by atoms with E-state index in [0.29, 0.717) is 11.6 Å². The first kappa shape index (κ1) is 14.7. The molecule has 6 heteroatoms. The molecule has 2 heterocycles. The van der Waals surface area contributed by atoms with Gasteiger partial charge in [-0.1, -0.05) is 0 Å². The molecule has 0 atom stereocenters. The third-order valence-electron chi connectivity index (χ3n) is 2.94. The maximum Gasteiger partial charge on any atom is 0.250 e. The topological polar surface area (TPSA) is 72.5 Å². The minimum atomic E-state index is -0.233. The van der Waals surface area contributed by atoms with Crippen molar-refractivity contribution >= 4 is 11.6 Å². The van der Waals surface area contributed by atoms with Gasteiger partial charge in [-0.3, -0.25) is 4.79 Å². The van der Waals surface area contributed by atoms with Crippen LogP contribution in [0.2, 0.25) is 0 Å². The number of nitrogens with zero attached hydrogens (tertiary/aromatic N) is 1. The Kier molecular flexibility index (Phi) is 4.57. The smallest absolute Gasteiger partial charge is 0.250 e. The summed E-state index contributed by atoms with van der Waals surface area (Å²) < 4.78 is 11.1. The van der Waals surface area contributed by atoms with E-state index in [2.05, 4.69) is 15.6 Å². The first-order valence-electron chi connectivity index (χ1n) is 6.75. The fourth-order valence-corrected chi connectivity index (χ4v) is 1.81. The molecular weight excluding hydrogens is 258 g/mol. The van der Waals surface area contributed by atoms with Gasteiger partial charge in [0.15, 0.2) is 0 Å². The molecule has 0 unspecified atom stereocenters. The number of aromatic nitrogens is 1. The summed E-state index contributed by atoms with van der Waals surface area (Å²) in [6, 6.07) is 3.51. The molecule has 0 aliphatic carbocycles. The first-order chi connectivity index (χ1) is 9.48. The van der Waals surface area contributed by atoms with Crippen LogP contribution in [-0.4, -0.2) is 42.3 Å². The van der Waals surface area contributed by atoms with E-state index in [4.69, 9.17) is 9.47 Å². The van der Waals surface area contributed by atoms with E-state index in [1.165, 1.54) is 0 Å². The Bertz CT molecular complexity index is 472. The molecule has 0 bridgehead atoms. The predicted molar refractivity (Wildman–Crippen MR) is 75.9 cm³/mol. The molecule has 6 nitrogen and oxygen atoms in total. The van der Waals surface area contributed by atoms with Crippen molar-refractivity contribution in [2.24, 2.45) is 0 Å². The van der Waals surface area contributed by atoms with Crippen LogP contribution in [0.15, 0.2) is 18.3 Å². The summed E-state index contributed by atoms with van der Waals surface area (Å²) in [5.74, 6) is 0.215. The molecule has 1 aromatic heterocycles. The lowest BCUT2D eigenvalue weighted by atomic mass is 10.0. The van der Waals surface area contributed by atoms with Crippen molar-refractivity contribution in [2.45, 2.75) is 32.5 Å². The van der Waals surface area contributed by atoms with Gasteiger partial charge in [-0.05, 0) is 32.9 Å². The molecule has 0 aromatic carbocycles. The largest absolute Gasteiger partial charge is 0.473 e. The number of ether oxygens (including phenoxy) is 2. The molecule has 110 valence electrons. The van der Waals surface area contributed by atoms with Crippen LogP contribution in [0.1, 0.15) is 20.8 Å². The van der Waals surface area contributed by atoms with Gasteiger partial charge in [-0.15, -0.1) is 0 Å². The van der Waals surface area contributed by atoms with E-state index in [1.54, 1.807) is 18.3 Å². The van der Waals surface area contributed by atoms with Gasteiger partial charge in [0.25, 0.3) is 5.91 Å². The quantitative estimate of drug-likeness (QED) is 0.818. The molecule has 1 aliphatic rings. The molecule has 1 saturated heterocycles. The highest BCUT2D eigenvalue weighted by Crippen LogP contribution is 2.22. The van der Waals surface area contributed by atoms with E-state index in [9.17, 15) is 4.79 Å². The number of carbonyl (C=O) groups is 1. The molecule has 2 N–H and O–H groups in total. The van der Waals surface area contributed by atoms with E-state index in [-0.39, 0.29) is 24.2 Å². The number of anilines is 1. The van der Waals surface area contributed by atoms with Crippen molar-refractivity contribution in [3.63, 3.8) is 0 Å². The van der Waals surface area contributed by atoms with E-state index < -0.39 is 0 Å². The van der Waals surface area contributed by atoms with Gasteiger partial charge in [0.2, 0.25) is 5.88 Å². The Morgan fingerprint density at radius 2 is 2.30 bits per heavy atom. The minimum Gasteiger partial charge on any atom is -0.473 e. The van der Waals surface area contributed by atoms with Gasteiger partial charge in [0.1, 0.15) is 12.3 Å². The van der Waals surface area contributed by atoms with Gasteiger partial charge in [-0.25, -0.2) is 4.98 Å². The number of pyridine rings is 1. The second-order valence-corrected chi connectivity index (χ2v) is 5.41. The van der Waals surface area contributed by atoms with E-state index in [0.717, 1.165) is 13.1 Å². The zero-order valence-electron chi connectivity index (χ0n) is 12.1. The van der Waals surface area contributed by atoms with Crippen LogP contribution in [0.25, 0.3) is 0 Å². The Morgan fingerprint density at radius 1 is 1.55 bits per heavy atom. The summed E-state index contributed by atoms with van der Waals surface area (Å²) in [5.41, 5.74) is 0.329. The van der Waals surface area contributed by atoms with Crippen molar-refractivity contribution in [1.29, 1.82) is 0 Å². The molecule has 20 heavy (non-hydrogen) atoms. The molecule has 1 aliphatic heterocycles. The standard InChI is InChI=1S/C14H21N3O3/c1-10(2)20-13-11(5-4-6-16-13)17-12(18)7-19-14(3)8-15-9-14/h4-6,10,15H,7-9H2,1-3H3,(H,17,18). The van der Waals surface area contributed by atoms with E-state index >= 15 is 0 Å². The number of amides is 1. The second-order valence-electron chi connectivity index (χ2n) is 5.41. The molecule has 1 amide bonds. The Hall–Kier alpha value is -1.66. The van der Waals surface area contributed by atoms with Gasteiger partial charge in [0.05, 0.1) is 11.7 Å². The van der Waals surface area contributed by atoms with Crippen molar-refractivity contribution in [3.05, 3.63) is 18.3 Å². The highest BCUT2D eigenvalue weighted by molar-refractivity contribution is 5.92. The molecule has 0 spiro atoms. The third kappa shape index (κ3) is 3.91. The zero-order chi connectivity index (χ0) is 14.6. The molecule has 1 aromatic rings. The van der Waals surface area contributed by atoms with Crippen LogP contribution < -0.4 is 15.4 Å². The first-order valence-corrected chi connectivity index (χ1v) is 6.75. The summed E-state index contributed by atoms with van der Waals surface area (Å²) in [5, 5.41) is 5.88. The van der Waals surface area contributed by atoms with Crippen molar-refractivity contribution in [3.8, 4) is 5.88 Å². The fraction of sp³-hybridized carbons (Fsp3) is 0.571. The number of carbonyl (C=O) groups excluding carboxylic acids is 1. The Labute approximate surface area is 118 Å². The molecule has 2 rings (SSSR count). The van der Waals surface area contributed by atoms with Gasteiger partial charge < -0.3 is 20.1 Å². The summed E-state index contributed by atoms with van der Waals surface area (Å²) >= 11 is 0. The normalized spacial score (nSPS) is 16.6. The average Bonchev–Trinajstić information content (AvgIpc) is 2.36. The van der Waals surface area contributed by atoms with Crippen LogP contribution in [0.4, 0.5) is 5.69 Å². The van der Waals surface area contributed by atoms with Crippen LogP contribution in [0, 0.1) is 0 Å². The van der Waals surface area contributed by atoms with Crippen LogP contribution in [-0.2, 0) is 9.53 Å². The van der Waals surface area contributed by atoms with Crippen LogP contribution in [0.5, 0.6) is 5.88 Å². The van der Waals surface area contributed by atoms with E-state index in [1.807, 2.05) is 20.8 Å². The lowest BCUT2D eigenvalue weighted by Gasteiger charge is -2.38. The SMILES string of the molecule is CC(C)Oc1ncccc1NC(=O)COC1(C)CNC1. The fourth-order valence-electron chi connectivity index (χ4n) is 1.81. The third-order valence-corrected chi connectivity index (χ3v) is 2.94. The Morgan fingerprint density at radius 3 is 2.90 bits per heavy atom. The minimum absolute atomic E-state index is 0.00300. The Balaban J connectivity index is 1.90. The van der Waals surface area contributed by atoms with Crippen molar-refractivity contribution in [2.75, 3.05) is 25.0 Å². The summed E-state index contributed by atoms with van der Waals surface area (Å²) in [7, 11) is 0.